The van der Waals surface area contributed by atoms with Crippen molar-refractivity contribution in [2.75, 3.05) is 6.79 Å². The molecule has 30 heavy (non-hydrogen) atoms. The molecular weight excluding hydrogens is 398 g/mol. The van der Waals surface area contributed by atoms with Crippen molar-refractivity contribution in [3.63, 3.8) is 0 Å². The quantitative estimate of drug-likeness (QED) is 0.591. The Morgan fingerprint density at radius 1 is 1.17 bits per heavy atom. The molecule has 1 aliphatic heterocycles. The monoisotopic (exact) mass is 421 g/mol. The van der Waals surface area contributed by atoms with Crippen molar-refractivity contribution < 1.29 is 14.3 Å². The van der Waals surface area contributed by atoms with E-state index in [4.69, 9.17) is 9.47 Å². The minimum Gasteiger partial charge on any atom is -0.454 e. The van der Waals surface area contributed by atoms with Crippen LogP contribution in [-0.4, -0.2) is 33.6 Å². The number of carbonyl (C=O) groups is 1. The van der Waals surface area contributed by atoms with Crippen LogP contribution >= 0.6 is 11.3 Å². The molecule has 1 aromatic carbocycles. The molecule has 0 unspecified atom stereocenters. The molecule has 2 aliphatic rings. The van der Waals surface area contributed by atoms with Crippen molar-refractivity contribution >= 4 is 17.2 Å². The van der Waals surface area contributed by atoms with Crippen LogP contribution in [0.15, 0.2) is 42.6 Å². The molecule has 1 fully saturated rings. The molecule has 3 heterocycles. The van der Waals surface area contributed by atoms with Gasteiger partial charge in [0.15, 0.2) is 11.5 Å². The van der Waals surface area contributed by atoms with Gasteiger partial charge in [-0.3, -0.25) is 9.78 Å². The molecule has 2 aromatic heterocycles. The van der Waals surface area contributed by atoms with Crippen molar-refractivity contribution in [2.45, 2.75) is 45.2 Å². The Labute approximate surface area is 179 Å². The normalized spacial score (nSPS) is 15.5. The standard InChI is InChI=1S/C23H23N3O3S/c1-15-21(30-22(25-15)18-8-4-5-11-24-18)23(27)26(17-6-2-3-7-17)13-16-9-10-19-20(12-16)29-14-28-19/h4-5,8-12,17H,2-3,6-7,13-14H2,1H3. The molecule has 3 aromatic rings. The van der Waals surface area contributed by atoms with Crippen molar-refractivity contribution in [1.82, 2.24) is 14.9 Å². The summed E-state index contributed by atoms with van der Waals surface area (Å²) in [7, 11) is 0. The van der Waals surface area contributed by atoms with Crippen molar-refractivity contribution in [3.05, 3.63) is 58.7 Å². The number of benzene rings is 1. The van der Waals surface area contributed by atoms with Crippen LogP contribution in [0.25, 0.3) is 10.7 Å². The number of aromatic nitrogens is 2. The minimum absolute atomic E-state index is 0.0525. The van der Waals surface area contributed by atoms with E-state index in [-0.39, 0.29) is 18.7 Å². The molecule has 0 bridgehead atoms. The molecule has 0 radical (unpaired) electrons. The summed E-state index contributed by atoms with van der Waals surface area (Å²) in [6.07, 6.45) is 6.16. The highest BCUT2D eigenvalue weighted by Crippen LogP contribution is 2.35. The van der Waals surface area contributed by atoms with Crippen LogP contribution in [0.3, 0.4) is 0 Å². The molecule has 0 atom stereocenters. The van der Waals surface area contributed by atoms with E-state index in [1.807, 2.05) is 48.2 Å². The van der Waals surface area contributed by atoms with Crippen molar-refractivity contribution in [3.8, 4) is 22.2 Å². The smallest absolute Gasteiger partial charge is 0.266 e. The number of hydrogen-bond acceptors (Lipinski definition) is 6. The maximum Gasteiger partial charge on any atom is 0.266 e. The van der Waals surface area contributed by atoms with Gasteiger partial charge >= 0.3 is 0 Å². The van der Waals surface area contributed by atoms with Gasteiger partial charge < -0.3 is 14.4 Å². The Balaban J connectivity index is 1.44. The van der Waals surface area contributed by atoms with E-state index in [2.05, 4.69) is 9.97 Å². The van der Waals surface area contributed by atoms with Crippen LogP contribution in [0.5, 0.6) is 11.5 Å². The summed E-state index contributed by atoms with van der Waals surface area (Å²) in [5.74, 6) is 1.56. The molecule has 1 amide bonds. The third kappa shape index (κ3) is 3.65. The predicted octanol–water partition coefficient (Wildman–Crippen LogP) is 4.83. The van der Waals surface area contributed by atoms with Gasteiger partial charge in [0.05, 0.1) is 11.4 Å². The predicted molar refractivity (Wildman–Crippen MR) is 115 cm³/mol. The molecule has 154 valence electrons. The van der Waals surface area contributed by atoms with Crippen LogP contribution in [-0.2, 0) is 6.54 Å². The zero-order valence-corrected chi connectivity index (χ0v) is 17.7. The fourth-order valence-electron chi connectivity index (χ4n) is 4.14. The molecule has 5 rings (SSSR count). The number of amides is 1. The first-order valence-electron chi connectivity index (χ1n) is 10.3. The van der Waals surface area contributed by atoms with Gasteiger partial charge in [-0.05, 0) is 49.6 Å². The number of rotatable bonds is 5. The van der Waals surface area contributed by atoms with Gasteiger partial charge in [0.1, 0.15) is 9.88 Å². The number of ether oxygens (including phenoxy) is 2. The highest BCUT2D eigenvalue weighted by Gasteiger charge is 2.30. The van der Waals surface area contributed by atoms with E-state index in [0.29, 0.717) is 11.4 Å². The lowest BCUT2D eigenvalue weighted by Gasteiger charge is -2.29. The van der Waals surface area contributed by atoms with Crippen LogP contribution < -0.4 is 9.47 Å². The second-order valence-corrected chi connectivity index (χ2v) is 8.71. The third-order valence-electron chi connectivity index (χ3n) is 5.69. The maximum absolute atomic E-state index is 13.7. The maximum atomic E-state index is 13.7. The Hall–Kier alpha value is -2.93. The molecular formula is C23H23N3O3S. The van der Waals surface area contributed by atoms with Gasteiger partial charge in [-0.1, -0.05) is 25.0 Å². The summed E-state index contributed by atoms with van der Waals surface area (Å²) in [4.78, 5) is 25.4. The fourth-order valence-corrected chi connectivity index (χ4v) is 5.14. The number of hydrogen-bond donors (Lipinski definition) is 0. The second-order valence-electron chi connectivity index (χ2n) is 7.71. The number of fused-ring (bicyclic) bond motifs is 1. The van der Waals surface area contributed by atoms with E-state index in [1.165, 1.54) is 11.3 Å². The number of aryl methyl sites for hydroxylation is 1. The zero-order valence-electron chi connectivity index (χ0n) is 16.8. The lowest BCUT2D eigenvalue weighted by atomic mass is 10.1. The first kappa shape index (κ1) is 19.1. The topological polar surface area (TPSA) is 64.6 Å². The minimum atomic E-state index is 0.0525. The van der Waals surface area contributed by atoms with Gasteiger partial charge in [0.2, 0.25) is 6.79 Å². The number of carbonyl (C=O) groups excluding carboxylic acids is 1. The molecule has 1 saturated carbocycles. The Bertz CT molecular complexity index is 1060. The summed E-state index contributed by atoms with van der Waals surface area (Å²) in [5, 5.41) is 0.783. The van der Waals surface area contributed by atoms with E-state index in [9.17, 15) is 4.79 Å². The zero-order chi connectivity index (χ0) is 20.5. The highest BCUT2D eigenvalue weighted by molar-refractivity contribution is 7.17. The van der Waals surface area contributed by atoms with Crippen molar-refractivity contribution in [2.24, 2.45) is 0 Å². The first-order valence-corrected chi connectivity index (χ1v) is 11.1. The lowest BCUT2D eigenvalue weighted by Crippen LogP contribution is -2.38. The third-order valence-corrected chi connectivity index (χ3v) is 6.86. The summed E-state index contributed by atoms with van der Waals surface area (Å²) in [6, 6.07) is 11.9. The second kappa shape index (κ2) is 8.07. The van der Waals surface area contributed by atoms with Gasteiger partial charge in [0.25, 0.3) is 5.91 Å². The van der Waals surface area contributed by atoms with Crippen LogP contribution in [0.2, 0.25) is 0 Å². The molecule has 1 aliphatic carbocycles. The number of pyridine rings is 1. The van der Waals surface area contributed by atoms with E-state index in [1.54, 1.807) is 6.20 Å². The molecule has 0 N–H and O–H groups in total. The summed E-state index contributed by atoms with van der Waals surface area (Å²) < 4.78 is 10.9. The summed E-state index contributed by atoms with van der Waals surface area (Å²) in [6.45, 7) is 2.71. The van der Waals surface area contributed by atoms with Gasteiger partial charge in [-0.2, -0.15) is 0 Å². The molecule has 0 saturated heterocycles. The molecule has 0 spiro atoms. The Kier molecular flexibility index (Phi) is 5.12. The SMILES string of the molecule is Cc1nc(-c2ccccn2)sc1C(=O)N(Cc1ccc2c(c1)OCO2)C1CCCC1. The summed E-state index contributed by atoms with van der Waals surface area (Å²) >= 11 is 1.43. The Morgan fingerprint density at radius 3 is 2.80 bits per heavy atom. The van der Waals surface area contributed by atoms with Crippen molar-refractivity contribution in [1.29, 1.82) is 0 Å². The van der Waals surface area contributed by atoms with Crippen LogP contribution in [0.1, 0.15) is 46.6 Å². The van der Waals surface area contributed by atoms with Gasteiger partial charge in [0, 0.05) is 18.8 Å². The molecule has 7 heteroatoms. The van der Waals surface area contributed by atoms with Crippen LogP contribution in [0.4, 0.5) is 0 Å². The average Bonchev–Trinajstić information content (AvgIpc) is 3.52. The van der Waals surface area contributed by atoms with Crippen LogP contribution in [0, 0.1) is 6.92 Å². The molecule has 6 nitrogen and oxygen atoms in total. The van der Waals surface area contributed by atoms with E-state index >= 15 is 0 Å². The Morgan fingerprint density at radius 2 is 2.00 bits per heavy atom. The first-order chi connectivity index (χ1) is 14.7. The summed E-state index contributed by atoms with van der Waals surface area (Å²) in [5.41, 5.74) is 2.61. The largest absolute Gasteiger partial charge is 0.454 e. The van der Waals surface area contributed by atoms with E-state index < -0.39 is 0 Å². The fraction of sp³-hybridized carbons (Fsp3) is 0.348. The highest BCUT2D eigenvalue weighted by atomic mass is 32.1. The lowest BCUT2D eigenvalue weighted by molar-refractivity contribution is 0.0668. The number of nitrogens with zero attached hydrogens (tertiary/aromatic N) is 3. The van der Waals surface area contributed by atoms with E-state index in [0.717, 1.165) is 59.1 Å². The van der Waals surface area contributed by atoms with Gasteiger partial charge in [-0.15, -0.1) is 11.3 Å². The van der Waals surface area contributed by atoms with Gasteiger partial charge in [-0.25, -0.2) is 4.98 Å². The average molecular weight is 422 g/mol. The number of thiazole rings is 1.